The number of rotatable bonds is 7. The highest BCUT2D eigenvalue weighted by Crippen LogP contribution is 2.23. The molecule has 0 spiro atoms. The molecule has 1 amide bonds. The molecule has 0 bridgehead atoms. The van der Waals surface area contributed by atoms with Crippen LogP contribution in [0, 0.1) is 0 Å². The van der Waals surface area contributed by atoms with Crippen LogP contribution >= 0.6 is 36.4 Å². The smallest absolute Gasteiger partial charge is 0.220 e. The first-order chi connectivity index (χ1) is 13.1. The zero-order valence-electron chi connectivity index (χ0n) is 16.2. The molecule has 2 aromatic rings. The molecule has 0 aromatic heterocycles. The van der Waals surface area contributed by atoms with Crippen molar-refractivity contribution in [2.75, 3.05) is 38.6 Å². The van der Waals surface area contributed by atoms with Gasteiger partial charge in [0.05, 0.1) is 19.3 Å². The third kappa shape index (κ3) is 7.68. The molecule has 0 saturated carbocycles. The maximum absolute atomic E-state index is 12.4. The van der Waals surface area contributed by atoms with Crippen molar-refractivity contribution in [1.29, 1.82) is 0 Å². The monoisotopic (exact) mass is 459 g/mol. The van der Waals surface area contributed by atoms with E-state index in [1.807, 2.05) is 48.5 Å². The van der Waals surface area contributed by atoms with Crippen molar-refractivity contribution in [1.82, 2.24) is 10.2 Å². The van der Waals surface area contributed by atoms with E-state index < -0.39 is 0 Å². The second kappa shape index (κ2) is 12.9. The lowest BCUT2D eigenvalue weighted by atomic mass is 10.0. The number of anilines is 1. The summed E-state index contributed by atoms with van der Waals surface area (Å²) in [5.41, 5.74) is 8.84. The molecule has 1 fully saturated rings. The van der Waals surface area contributed by atoms with Crippen LogP contribution in [0.2, 0.25) is 5.02 Å². The normalized spacial score (nSPS) is 14.9. The first-order valence-electron chi connectivity index (χ1n) is 9.31. The van der Waals surface area contributed by atoms with Gasteiger partial charge in [0.2, 0.25) is 5.91 Å². The third-order valence-electron chi connectivity index (χ3n) is 4.91. The number of hydrogen-bond acceptors (Lipinski definition) is 4. The average molecular weight is 461 g/mol. The number of halogens is 3. The van der Waals surface area contributed by atoms with Crippen LogP contribution in [-0.2, 0) is 16.0 Å². The minimum Gasteiger partial charge on any atom is -0.399 e. The predicted octanol–water partition coefficient (Wildman–Crippen LogP) is 3.89. The Bertz CT molecular complexity index is 753. The van der Waals surface area contributed by atoms with E-state index in [1.165, 1.54) is 0 Å². The van der Waals surface area contributed by atoms with Crippen LogP contribution in [0.4, 0.5) is 5.69 Å². The number of nitrogens with two attached hydrogens (primary N) is 1. The number of para-hydroxylation sites is 1. The number of aryl methyl sites for hydroxylation is 1. The zero-order chi connectivity index (χ0) is 19.1. The van der Waals surface area contributed by atoms with E-state index in [9.17, 15) is 4.79 Å². The van der Waals surface area contributed by atoms with Crippen LogP contribution in [0.15, 0.2) is 48.5 Å². The van der Waals surface area contributed by atoms with Crippen LogP contribution in [-0.4, -0.2) is 43.7 Å². The van der Waals surface area contributed by atoms with Gasteiger partial charge in [0, 0.05) is 36.8 Å². The summed E-state index contributed by atoms with van der Waals surface area (Å²) in [6.45, 7) is 3.69. The topological polar surface area (TPSA) is 67.6 Å². The van der Waals surface area contributed by atoms with Crippen LogP contribution in [0.25, 0.3) is 0 Å². The van der Waals surface area contributed by atoms with Crippen LogP contribution < -0.4 is 11.1 Å². The summed E-state index contributed by atoms with van der Waals surface area (Å²) in [6, 6.07) is 15.6. The highest BCUT2D eigenvalue weighted by Gasteiger charge is 2.23. The maximum atomic E-state index is 12.4. The number of nitrogen functional groups attached to an aromatic ring is 1. The lowest BCUT2D eigenvalue weighted by Crippen LogP contribution is -2.43. The molecular formula is C21H28Cl3N3O2. The Balaban J connectivity index is 0.00000210. The van der Waals surface area contributed by atoms with Crippen molar-refractivity contribution in [2.24, 2.45) is 0 Å². The summed E-state index contributed by atoms with van der Waals surface area (Å²) >= 11 is 6.03. The van der Waals surface area contributed by atoms with Crippen LogP contribution in [0.3, 0.4) is 0 Å². The molecule has 3 rings (SSSR count). The highest BCUT2D eigenvalue weighted by atomic mass is 35.5. The van der Waals surface area contributed by atoms with Gasteiger partial charge < -0.3 is 15.8 Å². The fourth-order valence-corrected chi connectivity index (χ4v) is 3.47. The van der Waals surface area contributed by atoms with E-state index in [0.29, 0.717) is 37.6 Å². The standard InChI is InChI=1S/C21H26ClN3O2.2ClH/c22-18-8-5-17(6-9-18)20(25-11-13-27-14-12-25)15-24-21(26)10-7-16-3-1-2-4-19(16)23;;/h1-6,8-9,20H,7,10-15,23H2,(H,24,26);2*1H. The summed E-state index contributed by atoms with van der Waals surface area (Å²) in [5, 5.41) is 3.80. The predicted molar refractivity (Wildman–Crippen MR) is 123 cm³/mol. The van der Waals surface area contributed by atoms with Crippen molar-refractivity contribution in [3.05, 3.63) is 64.7 Å². The fourth-order valence-electron chi connectivity index (χ4n) is 3.34. The second-order valence-electron chi connectivity index (χ2n) is 6.72. The van der Waals surface area contributed by atoms with Crippen molar-refractivity contribution in [3.63, 3.8) is 0 Å². The largest absolute Gasteiger partial charge is 0.399 e. The number of ether oxygens (including phenoxy) is 1. The fraction of sp³-hybridized carbons (Fsp3) is 0.381. The Morgan fingerprint density at radius 1 is 1.10 bits per heavy atom. The molecule has 2 aromatic carbocycles. The van der Waals surface area contributed by atoms with E-state index in [1.54, 1.807) is 0 Å². The molecule has 0 aliphatic carbocycles. The number of benzene rings is 2. The van der Waals surface area contributed by atoms with E-state index >= 15 is 0 Å². The molecule has 1 aliphatic rings. The van der Waals surface area contributed by atoms with Gasteiger partial charge in [-0.1, -0.05) is 41.9 Å². The van der Waals surface area contributed by atoms with Crippen LogP contribution in [0.5, 0.6) is 0 Å². The van der Waals surface area contributed by atoms with Gasteiger partial charge in [0.15, 0.2) is 0 Å². The highest BCUT2D eigenvalue weighted by molar-refractivity contribution is 6.30. The number of nitrogens with zero attached hydrogens (tertiary/aromatic N) is 1. The van der Waals surface area contributed by atoms with Crippen molar-refractivity contribution in [3.8, 4) is 0 Å². The van der Waals surface area contributed by atoms with E-state index in [2.05, 4.69) is 10.2 Å². The van der Waals surface area contributed by atoms with Gasteiger partial charge in [0.25, 0.3) is 0 Å². The molecular weight excluding hydrogens is 433 g/mol. The average Bonchev–Trinajstić information content (AvgIpc) is 2.69. The molecule has 5 nitrogen and oxygen atoms in total. The minimum atomic E-state index is 0. The van der Waals surface area contributed by atoms with Crippen molar-refractivity contribution in [2.45, 2.75) is 18.9 Å². The first-order valence-corrected chi connectivity index (χ1v) is 9.68. The number of hydrogen-bond donors (Lipinski definition) is 2. The Labute approximate surface area is 189 Å². The number of nitrogens with one attached hydrogen (secondary N) is 1. The van der Waals surface area contributed by atoms with Crippen molar-refractivity contribution >= 4 is 48.0 Å². The zero-order valence-corrected chi connectivity index (χ0v) is 18.6. The summed E-state index contributed by atoms with van der Waals surface area (Å²) in [5.74, 6) is 0.0328. The summed E-state index contributed by atoms with van der Waals surface area (Å²) in [6.07, 6.45) is 1.06. The van der Waals surface area contributed by atoms with E-state index in [0.717, 1.165) is 29.9 Å². The van der Waals surface area contributed by atoms with E-state index in [-0.39, 0.29) is 36.8 Å². The Hall–Kier alpha value is -1.50. The second-order valence-corrected chi connectivity index (χ2v) is 7.16. The Morgan fingerprint density at radius 3 is 2.41 bits per heavy atom. The summed E-state index contributed by atoms with van der Waals surface area (Å²) in [4.78, 5) is 14.7. The van der Waals surface area contributed by atoms with Crippen LogP contribution in [0.1, 0.15) is 23.6 Å². The number of carbonyl (C=O) groups excluding carboxylic acids is 1. The molecule has 1 saturated heterocycles. The Morgan fingerprint density at radius 2 is 1.76 bits per heavy atom. The molecule has 1 atom stereocenters. The molecule has 1 unspecified atom stereocenters. The summed E-state index contributed by atoms with van der Waals surface area (Å²) < 4.78 is 5.47. The molecule has 3 N–H and O–H groups in total. The SMILES string of the molecule is Cl.Cl.Nc1ccccc1CCC(=O)NCC(c1ccc(Cl)cc1)N1CCOCC1. The van der Waals surface area contributed by atoms with E-state index in [4.69, 9.17) is 22.1 Å². The maximum Gasteiger partial charge on any atom is 0.220 e. The quantitative estimate of drug-likeness (QED) is 0.615. The number of morpholine rings is 1. The Kier molecular flexibility index (Phi) is 11.4. The number of amides is 1. The summed E-state index contributed by atoms with van der Waals surface area (Å²) in [7, 11) is 0. The van der Waals surface area contributed by atoms with Gasteiger partial charge in [-0.05, 0) is 35.7 Å². The molecule has 29 heavy (non-hydrogen) atoms. The molecule has 160 valence electrons. The minimum absolute atomic E-state index is 0. The van der Waals surface area contributed by atoms with Gasteiger partial charge >= 0.3 is 0 Å². The van der Waals surface area contributed by atoms with Gasteiger partial charge in [-0.3, -0.25) is 9.69 Å². The molecule has 0 radical (unpaired) electrons. The van der Waals surface area contributed by atoms with Gasteiger partial charge in [-0.2, -0.15) is 0 Å². The third-order valence-corrected chi connectivity index (χ3v) is 5.16. The van der Waals surface area contributed by atoms with Crippen molar-refractivity contribution < 1.29 is 9.53 Å². The molecule has 1 heterocycles. The molecule has 8 heteroatoms. The molecule has 1 aliphatic heterocycles. The van der Waals surface area contributed by atoms with Gasteiger partial charge in [0.1, 0.15) is 0 Å². The first kappa shape index (κ1) is 25.5. The lowest BCUT2D eigenvalue weighted by molar-refractivity contribution is -0.121. The lowest BCUT2D eigenvalue weighted by Gasteiger charge is -2.35. The number of carbonyl (C=O) groups is 1. The van der Waals surface area contributed by atoms with Gasteiger partial charge in [-0.15, -0.1) is 24.8 Å². The van der Waals surface area contributed by atoms with Gasteiger partial charge in [-0.25, -0.2) is 0 Å².